The van der Waals surface area contributed by atoms with Crippen molar-refractivity contribution >= 4 is 22.4 Å². The Morgan fingerprint density at radius 3 is 2.68 bits per heavy atom. The normalized spacial score (nSPS) is 17.5. The van der Waals surface area contributed by atoms with Gasteiger partial charge >= 0.3 is 0 Å². The molecule has 180 valence electrons. The number of anilines is 1. The number of nitrogens with zero attached hydrogens (tertiary/aromatic N) is 6. The first-order valence-electron chi connectivity index (χ1n) is 12.3. The number of piperazine rings is 1. The van der Waals surface area contributed by atoms with Crippen LogP contribution in [0.2, 0.25) is 0 Å². The second-order valence-electron chi connectivity index (χ2n) is 9.92. The van der Waals surface area contributed by atoms with Crippen LogP contribution >= 0.6 is 0 Å². The topological polar surface area (TPSA) is 65.3 Å². The molecule has 1 fully saturated rings. The van der Waals surface area contributed by atoms with Gasteiger partial charge in [-0.05, 0) is 56.3 Å². The fourth-order valence-electron chi connectivity index (χ4n) is 5.47. The second-order valence-corrected chi connectivity index (χ2v) is 9.92. The number of aryl methyl sites for hydroxylation is 1. The minimum Gasteiger partial charge on any atom is -0.353 e. The van der Waals surface area contributed by atoms with Crippen LogP contribution < -0.4 is 4.90 Å². The first-order chi connectivity index (χ1) is 16.3. The lowest BCUT2D eigenvalue weighted by atomic mass is 9.94. The molecule has 1 atom stereocenters. The van der Waals surface area contributed by atoms with Crippen LogP contribution in [0.5, 0.6) is 0 Å². The summed E-state index contributed by atoms with van der Waals surface area (Å²) in [7, 11) is 0. The molecule has 0 radical (unpaired) electrons. The third-order valence-corrected chi connectivity index (χ3v) is 7.30. The van der Waals surface area contributed by atoms with Crippen molar-refractivity contribution in [3.05, 3.63) is 41.2 Å². The predicted octanol–water partition coefficient (Wildman–Crippen LogP) is 5.07. The molecule has 1 unspecified atom stereocenters. The van der Waals surface area contributed by atoms with Gasteiger partial charge in [0.05, 0.1) is 17.4 Å². The molecule has 1 saturated heterocycles. The van der Waals surface area contributed by atoms with Crippen molar-refractivity contribution in [1.82, 2.24) is 29.5 Å². The Balaban J connectivity index is 1.65. The van der Waals surface area contributed by atoms with E-state index >= 15 is 4.39 Å². The Bertz CT molecular complexity index is 1350. The molecule has 4 aromatic rings. The van der Waals surface area contributed by atoms with Crippen LogP contribution in [0.4, 0.5) is 10.2 Å². The van der Waals surface area contributed by atoms with E-state index in [4.69, 9.17) is 0 Å². The number of hydrogen-bond acceptors (Lipinski definition) is 5. The van der Waals surface area contributed by atoms with Gasteiger partial charge in [0, 0.05) is 42.8 Å². The van der Waals surface area contributed by atoms with Gasteiger partial charge in [-0.3, -0.25) is 4.90 Å². The zero-order chi connectivity index (χ0) is 24.1. The van der Waals surface area contributed by atoms with Crippen molar-refractivity contribution in [3.63, 3.8) is 0 Å². The smallest absolute Gasteiger partial charge is 0.175 e. The zero-order valence-electron chi connectivity index (χ0n) is 21.0. The minimum atomic E-state index is -0.226. The van der Waals surface area contributed by atoms with Crippen molar-refractivity contribution in [3.8, 4) is 11.3 Å². The number of fused-ring (bicyclic) bond motifs is 2. The van der Waals surface area contributed by atoms with Gasteiger partial charge in [-0.1, -0.05) is 20.8 Å². The number of nitrogens with one attached hydrogen (secondary N) is 1. The van der Waals surface area contributed by atoms with Crippen molar-refractivity contribution in [1.29, 1.82) is 0 Å². The monoisotopic (exact) mass is 463 g/mol. The van der Waals surface area contributed by atoms with E-state index in [0.29, 0.717) is 11.2 Å². The van der Waals surface area contributed by atoms with Gasteiger partial charge in [-0.15, -0.1) is 0 Å². The third kappa shape index (κ3) is 3.55. The highest BCUT2D eigenvalue weighted by Crippen LogP contribution is 2.40. The molecule has 5 rings (SSSR count). The Morgan fingerprint density at radius 2 is 1.97 bits per heavy atom. The highest BCUT2D eigenvalue weighted by Gasteiger charge is 2.29. The summed E-state index contributed by atoms with van der Waals surface area (Å²) in [4.78, 5) is 17.1. The van der Waals surface area contributed by atoms with E-state index in [1.807, 2.05) is 6.20 Å². The fraction of sp³-hybridized carbons (Fsp3) is 0.500. The lowest BCUT2D eigenvalue weighted by Crippen LogP contribution is -2.52. The molecular formula is C26H34FN7. The SMILES string of the molecule is CCCN1CCN(c2ncc3[nH]c(-c4cn5ncnc5c(C)c4C)c(C(C)C)c3c2F)C(C)C1. The Hall–Kier alpha value is -3.00. The summed E-state index contributed by atoms with van der Waals surface area (Å²) in [5, 5.41) is 5.00. The summed E-state index contributed by atoms with van der Waals surface area (Å²) in [6.07, 6.45) is 6.48. The number of aromatic amines is 1. The van der Waals surface area contributed by atoms with Crippen LogP contribution in [-0.2, 0) is 0 Å². The summed E-state index contributed by atoms with van der Waals surface area (Å²) < 4.78 is 18.0. The van der Waals surface area contributed by atoms with Crippen LogP contribution in [0.25, 0.3) is 27.8 Å². The summed E-state index contributed by atoms with van der Waals surface area (Å²) in [5.74, 6) is 0.359. The number of halogens is 1. The van der Waals surface area contributed by atoms with Gasteiger partial charge in [0.1, 0.15) is 6.33 Å². The van der Waals surface area contributed by atoms with E-state index in [-0.39, 0.29) is 17.8 Å². The number of aromatic nitrogens is 5. The molecular weight excluding hydrogens is 429 g/mol. The van der Waals surface area contributed by atoms with E-state index in [9.17, 15) is 0 Å². The number of pyridine rings is 2. The lowest BCUT2D eigenvalue weighted by Gasteiger charge is -2.40. The molecule has 0 bridgehead atoms. The molecule has 0 aliphatic carbocycles. The maximum atomic E-state index is 16.2. The Kier molecular flexibility index (Phi) is 5.80. The van der Waals surface area contributed by atoms with E-state index in [2.05, 4.69) is 71.4 Å². The van der Waals surface area contributed by atoms with E-state index < -0.39 is 0 Å². The summed E-state index contributed by atoms with van der Waals surface area (Å²) in [6, 6.07) is 0.209. The Morgan fingerprint density at radius 1 is 1.18 bits per heavy atom. The molecule has 0 saturated carbocycles. The fourth-order valence-corrected chi connectivity index (χ4v) is 5.47. The van der Waals surface area contributed by atoms with Crippen molar-refractivity contribution in [2.75, 3.05) is 31.1 Å². The van der Waals surface area contributed by atoms with Gasteiger partial charge in [-0.2, -0.15) is 5.10 Å². The maximum Gasteiger partial charge on any atom is 0.175 e. The first-order valence-corrected chi connectivity index (χ1v) is 12.3. The maximum absolute atomic E-state index is 16.2. The summed E-state index contributed by atoms with van der Waals surface area (Å²) >= 11 is 0. The van der Waals surface area contributed by atoms with E-state index in [0.717, 1.165) is 71.7 Å². The predicted molar refractivity (Wildman–Crippen MR) is 135 cm³/mol. The van der Waals surface area contributed by atoms with Gasteiger partial charge in [0.25, 0.3) is 0 Å². The van der Waals surface area contributed by atoms with Gasteiger partial charge in [0.2, 0.25) is 0 Å². The summed E-state index contributed by atoms with van der Waals surface area (Å²) in [5.41, 5.74) is 6.68. The van der Waals surface area contributed by atoms with Gasteiger partial charge < -0.3 is 9.88 Å². The molecule has 34 heavy (non-hydrogen) atoms. The number of hydrogen-bond donors (Lipinski definition) is 1. The first kappa shape index (κ1) is 22.8. The van der Waals surface area contributed by atoms with Crippen LogP contribution in [0.15, 0.2) is 18.7 Å². The molecule has 1 N–H and O–H groups in total. The summed E-state index contributed by atoms with van der Waals surface area (Å²) in [6.45, 7) is 16.5. The molecule has 8 heteroatoms. The third-order valence-electron chi connectivity index (χ3n) is 7.30. The molecule has 5 heterocycles. The average Bonchev–Trinajstić information content (AvgIpc) is 3.42. The zero-order valence-corrected chi connectivity index (χ0v) is 21.0. The van der Waals surface area contributed by atoms with Crippen molar-refractivity contribution in [2.24, 2.45) is 0 Å². The largest absolute Gasteiger partial charge is 0.353 e. The van der Waals surface area contributed by atoms with Crippen LogP contribution in [-0.4, -0.2) is 61.7 Å². The Labute approximate surface area is 200 Å². The lowest BCUT2D eigenvalue weighted by molar-refractivity contribution is 0.228. The molecule has 4 aromatic heterocycles. The second kappa shape index (κ2) is 8.65. The van der Waals surface area contributed by atoms with Crippen molar-refractivity contribution in [2.45, 2.75) is 59.9 Å². The molecule has 1 aliphatic heterocycles. The van der Waals surface area contributed by atoms with Gasteiger partial charge in [-0.25, -0.2) is 18.9 Å². The molecule has 0 spiro atoms. The average molecular weight is 464 g/mol. The van der Waals surface area contributed by atoms with Crippen LogP contribution in [0.1, 0.15) is 56.7 Å². The van der Waals surface area contributed by atoms with Gasteiger partial charge in [0.15, 0.2) is 17.3 Å². The minimum absolute atomic E-state index is 0.124. The van der Waals surface area contributed by atoms with E-state index in [1.54, 1.807) is 17.0 Å². The van der Waals surface area contributed by atoms with E-state index in [1.165, 1.54) is 0 Å². The van der Waals surface area contributed by atoms with Crippen LogP contribution in [0, 0.1) is 19.7 Å². The quantitative estimate of drug-likeness (QED) is 0.448. The molecule has 0 amide bonds. The molecule has 7 nitrogen and oxygen atoms in total. The molecule has 0 aromatic carbocycles. The van der Waals surface area contributed by atoms with Crippen LogP contribution in [0.3, 0.4) is 0 Å². The molecule has 1 aliphatic rings. The highest BCUT2D eigenvalue weighted by molar-refractivity contribution is 5.94. The van der Waals surface area contributed by atoms with Crippen molar-refractivity contribution < 1.29 is 4.39 Å². The number of rotatable bonds is 5. The number of H-pyrrole nitrogens is 1. The highest BCUT2D eigenvalue weighted by atomic mass is 19.1. The standard InChI is InChI=1S/C26H34FN7/c1-7-8-32-9-10-33(16(4)12-32)26-23(27)22-20(11-28-26)31-24(21(22)15(2)3)19-13-34-25(29-14-30-34)18(6)17(19)5/h11,13-16,31H,7-10,12H2,1-6H3.